The largest absolute Gasteiger partial charge is 0.336 e. The molecule has 6 nitrogen and oxygen atoms in total. The molecular weight excluding hydrogens is 352 g/mol. The first-order valence-electron chi connectivity index (χ1n) is 9.46. The Morgan fingerprint density at radius 3 is 2.79 bits per heavy atom. The minimum absolute atomic E-state index is 0.00694. The normalized spacial score (nSPS) is 15.9. The molecule has 0 bridgehead atoms. The predicted molar refractivity (Wildman–Crippen MR) is 112 cm³/mol. The Balaban J connectivity index is 1.39. The van der Waals surface area contributed by atoms with Crippen molar-refractivity contribution >= 4 is 22.6 Å². The second-order valence-electron chi connectivity index (χ2n) is 7.35. The van der Waals surface area contributed by atoms with Crippen molar-refractivity contribution in [3.8, 4) is 0 Å². The summed E-state index contributed by atoms with van der Waals surface area (Å²) in [6.07, 6.45) is 0.903. The Labute approximate surface area is 163 Å². The molecule has 2 aromatic carbocycles. The highest BCUT2D eigenvalue weighted by molar-refractivity contribution is 5.92. The molecule has 4 rings (SSSR count). The second kappa shape index (κ2) is 7.48. The quantitative estimate of drug-likeness (QED) is 0.658. The molecule has 28 heavy (non-hydrogen) atoms. The van der Waals surface area contributed by atoms with Gasteiger partial charge in [0, 0.05) is 42.8 Å². The van der Waals surface area contributed by atoms with Gasteiger partial charge in [-0.25, -0.2) is 4.79 Å². The van der Waals surface area contributed by atoms with Gasteiger partial charge in [0.05, 0.1) is 5.52 Å². The Morgan fingerprint density at radius 2 is 1.96 bits per heavy atom. The Hall–Kier alpha value is -3.12. The van der Waals surface area contributed by atoms with Crippen LogP contribution in [0, 0.1) is 6.92 Å². The second-order valence-corrected chi connectivity index (χ2v) is 7.35. The topological polar surface area (TPSA) is 75.2 Å². The van der Waals surface area contributed by atoms with Crippen LogP contribution < -0.4 is 21.5 Å². The molecule has 1 aromatic heterocycles. The summed E-state index contributed by atoms with van der Waals surface area (Å²) in [6.45, 7) is 3.18. The van der Waals surface area contributed by atoms with Crippen LogP contribution in [0.1, 0.15) is 16.7 Å². The molecule has 1 unspecified atom stereocenters. The number of pyridine rings is 1. The molecule has 144 valence electrons. The molecule has 0 fully saturated rings. The van der Waals surface area contributed by atoms with Gasteiger partial charge in [0.2, 0.25) is 0 Å². The molecule has 2 heterocycles. The molecule has 3 aromatic rings. The lowest BCUT2D eigenvalue weighted by atomic mass is 9.96. The van der Waals surface area contributed by atoms with E-state index >= 15 is 0 Å². The van der Waals surface area contributed by atoms with E-state index in [1.54, 1.807) is 18.5 Å². The molecule has 0 saturated carbocycles. The summed E-state index contributed by atoms with van der Waals surface area (Å²) in [5.41, 5.74) is 4.87. The number of anilines is 1. The van der Waals surface area contributed by atoms with Crippen LogP contribution in [0.2, 0.25) is 0 Å². The molecule has 0 radical (unpaired) electrons. The molecule has 6 heteroatoms. The van der Waals surface area contributed by atoms with Crippen molar-refractivity contribution in [3.63, 3.8) is 0 Å². The number of carbonyl (C=O) groups excluding carboxylic acids is 1. The van der Waals surface area contributed by atoms with Crippen LogP contribution in [0.3, 0.4) is 0 Å². The first-order chi connectivity index (χ1) is 13.5. The van der Waals surface area contributed by atoms with E-state index in [1.165, 1.54) is 11.1 Å². The summed E-state index contributed by atoms with van der Waals surface area (Å²) in [4.78, 5) is 24.4. The van der Waals surface area contributed by atoms with E-state index in [-0.39, 0.29) is 17.6 Å². The number of aromatic nitrogens is 1. The number of nitrogens with zero attached hydrogens (tertiary/aromatic N) is 1. The smallest absolute Gasteiger partial charge is 0.319 e. The van der Waals surface area contributed by atoms with Crippen LogP contribution in [0.25, 0.3) is 10.9 Å². The number of hydrogen-bond donors (Lipinski definition) is 3. The Kier molecular flexibility index (Phi) is 4.88. The first-order valence-corrected chi connectivity index (χ1v) is 9.46. The standard InChI is InChI=1S/C22H24N4O2/c1-14-9-17-11-18(7-8-20(17)26(2)21(14)27)25-22(28)24-13-19-10-15-5-3-4-6-16(15)12-23-19/h3-9,11,19,23H,10,12-13H2,1-2H3,(H2,24,25,28). The third-order valence-electron chi connectivity index (χ3n) is 5.34. The highest BCUT2D eigenvalue weighted by Gasteiger charge is 2.18. The minimum Gasteiger partial charge on any atom is -0.336 e. The van der Waals surface area contributed by atoms with Gasteiger partial charge in [-0.15, -0.1) is 0 Å². The van der Waals surface area contributed by atoms with Crippen molar-refractivity contribution < 1.29 is 4.79 Å². The number of carbonyl (C=O) groups is 1. The number of amides is 2. The fraction of sp³-hybridized carbons (Fsp3) is 0.273. The molecule has 2 amide bonds. The van der Waals surface area contributed by atoms with Crippen molar-refractivity contribution in [3.05, 3.63) is 75.6 Å². The molecule has 3 N–H and O–H groups in total. The van der Waals surface area contributed by atoms with Crippen LogP contribution in [0.15, 0.2) is 53.3 Å². The lowest BCUT2D eigenvalue weighted by Crippen LogP contribution is -2.45. The van der Waals surface area contributed by atoms with Gasteiger partial charge in [0.25, 0.3) is 5.56 Å². The minimum atomic E-state index is -0.235. The highest BCUT2D eigenvalue weighted by Crippen LogP contribution is 2.19. The van der Waals surface area contributed by atoms with E-state index in [4.69, 9.17) is 0 Å². The van der Waals surface area contributed by atoms with Gasteiger partial charge >= 0.3 is 6.03 Å². The molecular formula is C22H24N4O2. The summed E-state index contributed by atoms with van der Waals surface area (Å²) >= 11 is 0. The van der Waals surface area contributed by atoms with Crippen LogP contribution in [0.5, 0.6) is 0 Å². The summed E-state index contributed by atoms with van der Waals surface area (Å²) < 4.78 is 1.63. The fourth-order valence-corrected chi connectivity index (χ4v) is 3.78. The van der Waals surface area contributed by atoms with Gasteiger partial charge < -0.3 is 20.5 Å². The molecule has 0 aliphatic carbocycles. The SMILES string of the molecule is Cc1cc2cc(NC(=O)NCC3Cc4ccccc4CN3)ccc2n(C)c1=O. The van der Waals surface area contributed by atoms with Crippen molar-refractivity contribution in [1.29, 1.82) is 0 Å². The van der Waals surface area contributed by atoms with Crippen LogP contribution in [0.4, 0.5) is 10.5 Å². The summed E-state index contributed by atoms with van der Waals surface area (Å²) in [7, 11) is 1.76. The number of benzene rings is 2. The summed E-state index contributed by atoms with van der Waals surface area (Å²) in [5, 5.41) is 10.2. The van der Waals surface area contributed by atoms with Gasteiger partial charge in [-0.05, 0) is 48.7 Å². The van der Waals surface area contributed by atoms with Gasteiger partial charge in [-0.2, -0.15) is 0 Å². The monoisotopic (exact) mass is 376 g/mol. The molecule has 1 atom stereocenters. The van der Waals surface area contributed by atoms with Crippen LogP contribution in [-0.2, 0) is 20.0 Å². The number of hydrogen-bond acceptors (Lipinski definition) is 3. The van der Waals surface area contributed by atoms with Crippen LogP contribution in [-0.4, -0.2) is 23.2 Å². The zero-order valence-electron chi connectivity index (χ0n) is 16.1. The number of fused-ring (bicyclic) bond motifs is 2. The van der Waals surface area contributed by atoms with E-state index < -0.39 is 0 Å². The maximum Gasteiger partial charge on any atom is 0.319 e. The third-order valence-corrected chi connectivity index (χ3v) is 5.34. The van der Waals surface area contributed by atoms with E-state index in [1.807, 2.05) is 24.3 Å². The van der Waals surface area contributed by atoms with Crippen molar-refractivity contribution in [2.75, 3.05) is 11.9 Å². The van der Waals surface area contributed by atoms with E-state index in [2.05, 4.69) is 40.2 Å². The predicted octanol–water partition coefficient (Wildman–Crippen LogP) is 2.68. The van der Waals surface area contributed by atoms with E-state index in [0.29, 0.717) is 17.8 Å². The third kappa shape index (κ3) is 3.64. The molecule has 1 aliphatic heterocycles. The van der Waals surface area contributed by atoms with Gasteiger partial charge in [0.1, 0.15) is 0 Å². The average molecular weight is 376 g/mol. The Bertz CT molecular complexity index is 1100. The molecule has 1 aliphatic rings. The van der Waals surface area contributed by atoms with Crippen molar-refractivity contribution in [2.45, 2.75) is 25.9 Å². The van der Waals surface area contributed by atoms with Crippen LogP contribution >= 0.6 is 0 Å². The fourth-order valence-electron chi connectivity index (χ4n) is 3.78. The number of nitrogens with one attached hydrogen (secondary N) is 3. The van der Waals surface area contributed by atoms with Gasteiger partial charge in [-0.1, -0.05) is 24.3 Å². The number of urea groups is 1. The summed E-state index contributed by atoms with van der Waals surface area (Å²) in [6, 6.07) is 15.8. The Morgan fingerprint density at radius 1 is 1.18 bits per heavy atom. The van der Waals surface area contributed by atoms with Gasteiger partial charge in [0.15, 0.2) is 0 Å². The van der Waals surface area contributed by atoms with Crippen molar-refractivity contribution in [2.24, 2.45) is 7.05 Å². The number of rotatable bonds is 3. The summed E-state index contributed by atoms with van der Waals surface area (Å²) in [5.74, 6) is 0. The van der Waals surface area contributed by atoms with E-state index in [9.17, 15) is 9.59 Å². The maximum atomic E-state index is 12.3. The average Bonchev–Trinajstić information content (AvgIpc) is 2.70. The van der Waals surface area contributed by atoms with Gasteiger partial charge in [-0.3, -0.25) is 4.79 Å². The zero-order valence-corrected chi connectivity index (χ0v) is 16.1. The maximum absolute atomic E-state index is 12.3. The van der Waals surface area contributed by atoms with E-state index in [0.717, 1.165) is 23.9 Å². The lowest BCUT2D eigenvalue weighted by Gasteiger charge is -2.26. The number of aryl methyl sites for hydroxylation is 2. The van der Waals surface area contributed by atoms with Crippen molar-refractivity contribution in [1.82, 2.24) is 15.2 Å². The molecule has 0 spiro atoms. The lowest BCUT2D eigenvalue weighted by molar-refractivity contribution is 0.250. The zero-order chi connectivity index (χ0) is 19.7. The molecule has 0 saturated heterocycles. The highest BCUT2D eigenvalue weighted by atomic mass is 16.2. The first kappa shape index (κ1) is 18.3.